The molecule has 146 valence electrons. The second-order valence-electron chi connectivity index (χ2n) is 6.58. The molecule has 1 amide bonds. The van der Waals surface area contributed by atoms with Crippen LogP contribution in [0.25, 0.3) is 11.6 Å². The van der Waals surface area contributed by atoms with E-state index in [2.05, 4.69) is 26.5 Å². The first-order valence-corrected chi connectivity index (χ1v) is 10.5. The Bertz CT molecular complexity index is 932. The van der Waals surface area contributed by atoms with Crippen LogP contribution in [0.1, 0.15) is 19.8 Å². The van der Waals surface area contributed by atoms with Gasteiger partial charge in [-0.05, 0) is 44.0 Å². The highest BCUT2D eigenvalue weighted by Crippen LogP contribution is 2.29. The van der Waals surface area contributed by atoms with E-state index in [-0.39, 0.29) is 11.7 Å². The topological polar surface area (TPSA) is 76.2 Å². The quantitative estimate of drug-likeness (QED) is 0.610. The maximum absolute atomic E-state index is 12.6. The second kappa shape index (κ2) is 8.52. The third-order valence-corrected chi connectivity index (χ3v) is 5.70. The Kier molecular flexibility index (Phi) is 5.66. The summed E-state index contributed by atoms with van der Waals surface area (Å²) < 4.78 is 7.38. The van der Waals surface area contributed by atoms with Crippen LogP contribution in [-0.2, 0) is 11.3 Å². The fraction of sp³-hybridized carbons (Fsp3) is 0.350. The van der Waals surface area contributed by atoms with Gasteiger partial charge < -0.3 is 14.6 Å². The molecule has 0 radical (unpaired) electrons. The predicted octanol–water partition coefficient (Wildman–Crippen LogP) is 3.89. The van der Waals surface area contributed by atoms with Crippen LogP contribution in [0.3, 0.4) is 0 Å². The van der Waals surface area contributed by atoms with Gasteiger partial charge in [0.05, 0.1) is 23.4 Å². The van der Waals surface area contributed by atoms with Crippen molar-refractivity contribution in [2.45, 2.75) is 31.5 Å². The summed E-state index contributed by atoms with van der Waals surface area (Å²) in [4.78, 5) is 14.9. The number of aromatic nitrogens is 3. The summed E-state index contributed by atoms with van der Waals surface area (Å²) in [6.07, 6.45) is 4.01. The summed E-state index contributed by atoms with van der Waals surface area (Å²) in [5.41, 5.74) is 1.96. The van der Waals surface area contributed by atoms with Crippen molar-refractivity contribution in [1.29, 1.82) is 0 Å². The van der Waals surface area contributed by atoms with Crippen LogP contribution < -0.4 is 10.2 Å². The third-order valence-electron chi connectivity index (χ3n) is 4.73. The van der Waals surface area contributed by atoms with Crippen molar-refractivity contribution >= 4 is 29.0 Å². The minimum atomic E-state index is -0.0538. The number of rotatable bonds is 7. The minimum absolute atomic E-state index is 0.0538. The van der Waals surface area contributed by atoms with Gasteiger partial charge in [0.15, 0.2) is 16.7 Å². The monoisotopic (exact) mass is 397 g/mol. The van der Waals surface area contributed by atoms with Crippen LogP contribution in [0.5, 0.6) is 0 Å². The van der Waals surface area contributed by atoms with E-state index in [0.29, 0.717) is 23.3 Å². The van der Waals surface area contributed by atoms with Crippen molar-refractivity contribution in [3.63, 3.8) is 0 Å². The maximum atomic E-state index is 12.6. The SMILES string of the molecule is CCn1c(SCC(=O)Nc2ccccc2N2CCCC2)nnc1-c1ccco1. The molecular formula is C20H23N5O2S. The Morgan fingerprint density at radius 1 is 1.18 bits per heavy atom. The summed E-state index contributed by atoms with van der Waals surface area (Å²) in [7, 11) is 0. The van der Waals surface area contributed by atoms with E-state index in [0.717, 1.165) is 24.5 Å². The van der Waals surface area contributed by atoms with Crippen molar-refractivity contribution < 1.29 is 9.21 Å². The first kappa shape index (κ1) is 18.6. The van der Waals surface area contributed by atoms with E-state index in [4.69, 9.17) is 4.42 Å². The molecule has 1 aliphatic rings. The van der Waals surface area contributed by atoms with Gasteiger partial charge in [-0.3, -0.25) is 9.36 Å². The summed E-state index contributed by atoms with van der Waals surface area (Å²) in [5.74, 6) is 1.56. The molecule has 8 heteroatoms. The molecule has 1 fully saturated rings. The zero-order chi connectivity index (χ0) is 19.3. The van der Waals surface area contributed by atoms with Crippen molar-refractivity contribution in [3.05, 3.63) is 42.7 Å². The Morgan fingerprint density at radius 2 is 2.00 bits per heavy atom. The van der Waals surface area contributed by atoms with Gasteiger partial charge in [-0.2, -0.15) is 0 Å². The van der Waals surface area contributed by atoms with E-state index in [9.17, 15) is 4.79 Å². The molecule has 1 saturated heterocycles. The molecule has 0 bridgehead atoms. The molecule has 7 nitrogen and oxygen atoms in total. The van der Waals surface area contributed by atoms with E-state index in [1.54, 1.807) is 6.26 Å². The zero-order valence-electron chi connectivity index (χ0n) is 15.8. The number of thioether (sulfide) groups is 1. The zero-order valence-corrected chi connectivity index (χ0v) is 16.6. The summed E-state index contributed by atoms with van der Waals surface area (Å²) >= 11 is 1.38. The van der Waals surface area contributed by atoms with Crippen LogP contribution >= 0.6 is 11.8 Å². The van der Waals surface area contributed by atoms with Gasteiger partial charge in [-0.25, -0.2) is 0 Å². The maximum Gasteiger partial charge on any atom is 0.234 e. The van der Waals surface area contributed by atoms with Crippen LogP contribution in [0.4, 0.5) is 11.4 Å². The van der Waals surface area contributed by atoms with Crippen LogP contribution in [0.15, 0.2) is 52.2 Å². The summed E-state index contributed by atoms with van der Waals surface area (Å²) in [6.45, 7) is 4.80. The van der Waals surface area contributed by atoms with Crippen molar-refractivity contribution in [3.8, 4) is 11.6 Å². The molecule has 1 aromatic carbocycles. The number of nitrogens with one attached hydrogen (secondary N) is 1. The molecule has 0 spiro atoms. The molecule has 0 saturated carbocycles. The standard InChI is InChI=1S/C20H23N5O2S/c1-2-25-19(17-10-7-13-27-17)22-23-20(25)28-14-18(26)21-15-8-3-4-9-16(15)24-11-5-6-12-24/h3-4,7-10,13H,2,5-6,11-12,14H2,1H3,(H,21,26). The lowest BCUT2D eigenvalue weighted by atomic mass is 10.2. The smallest absolute Gasteiger partial charge is 0.234 e. The fourth-order valence-corrected chi connectivity index (χ4v) is 4.20. The number of anilines is 2. The van der Waals surface area contributed by atoms with Gasteiger partial charge in [0.25, 0.3) is 0 Å². The Hall–Kier alpha value is -2.74. The van der Waals surface area contributed by atoms with Gasteiger partial charge in [0.2, 0.25) is 5.91 Å². The molecule has 0 atom stereocenters. The van der Waals surface area contributed by atoms with Gasteiger partial charge >= 0.3 is 0 Å². The predicted molar refractivity (Wildman–Crippen MR) is 111 cm³/mol. The van der Waals surface area contributed by atoms with Gasteiger partial charge in [0, 0.05) is 19.6 Å². The molecule has 3 aromatic rings. The van der Waals surface area contributed by atoms with Gasteiger partial charge in [0.1, 0.15) is 0 Å². The van der Waals surface area contributed by atoms with Crippen molar-refractivity contribution in [2.75, 3.05) is 29.1 Å². The lowest BCUT2D eigenvalue weighted by Crippen LogP contribution is -2.21. The van der Waals surface area contributed by atoms with Crippen molar-refractivity contribution in [1.82, 2.24) is 14.8 Å². The average Bonchev–Trinajstić information content (AvgIpc) is 3.48. The number of carbonyl (C=O) groups is 1. The fourth-order valence-electron chi connectivity index (χ4n) is 3.40. The first-order chi connectivity index (χ1) is 13.8. The number of carbonyl (C=O) groups excluding carboxylic acids is 1. The highest BCUT2D eigenvalue weighted by atomic mass is 32.2. The Labute approximate surface area is 168 Å². The Morgan fingerprint density at radius 3 is 2.75 bits per heavy atom. The van der Waals surface area contributed by atoms with E-state index in [1.807, 2.05) is 41.8 Å². The van der Waals surface area contributed by atoms with Crippen LogP contribution in [0.2, 0.25) is 0 Å². The molecule has 0 unspecified atom stereocenters. The van der Waals surface area contributed by atoms with Gasteiger partial charge in [-0.1, -0.05) is 23.9 Å². The molecule has 0 aliphatic carbocycles. The number of hydrogen-bond acceptors (Lipinski definition) is 6. The average molecular weight is 398 g/mol. The number of hydrogen-bond donors (Lipinski definition) is 1. The third kappa shape index (κ3) is 3.91. The largest absolute Gasteiger partial charge is 0.461 e. The van der Waals surface area contributed by atoms with E-state index < -0.39 is 0 Å². The second-order valence-corrected chi connectivity index (χ2v) is 7.52. The minimum Gasteiger partial charge on any atom is -0.461 e. The molecule has 3 heterocycles. The lowest BCUT2D eigenvalue weighted by molar-refractivity contribution is -0.113. The van der Waals surface area contributed by atoms with Crippen molar-refractivity contribution in [2.24, 2.45) is 0 Å². The number of amides is 1. The molecular weight excluding hydrogens is 374 g/mol. The highest BCUT2D eigenvalue weighted by molar-refractivity contribution is 7.99. The number of para-hydroxylation sites is 2. The number of nitrogens with zero attached hydrogens (tertiary/aromatic N) is 4. The van der Waals surface area contributed by atoms with E-state index in [1.165, 1.54) is 24.6 Å². The lowest BCUT2D eigenvalue weighted by Gasteiger charge is -2.21. The first-order valence-electron chi connectivity index (χ1n) is 9.50. The summed E-state index contributed by atoms with van der Waals surface area (Å²) in [6, 6.07) is 11.7. The van der Waals surface area contributed by atoms with Crippen LogP contribution in [0, 0.1) is 0 Å². The summed E-state index contributed by atoms with van der Waals surface area (Å²) in [5, 5.41) is 12.2. The Balaban J connectivity index is 1.42. The molecule has 28 heavy (non-hydrogen) atoms. The molecule has 4 rings (SSSR count). The number of furan rings is 1. The molecule has 1 N–H and O–H groups in total. The van der Waals surface area contributed by atoms with Gasteiger partial charge in [-0.15, -0.1) is 10.2 Å². The normalized spacial score (nSPS) is 13.8. The van der Waals surface area contributed by atoms with Crippen LogP contribution in [-0.4, -0.2) is 39.5 Å². The van der Waals surface area contributed by atoms with E-state index >= 15 is 0 Å². The highest BCUT2D eigenvalue weighted by Gasteiger charge is 2.18. The molecule has 2 aromatic heterocycles. The molecule has 1 aliphatic heterocycles. The number of benzene rings is 1.